The number of thiophene rings is 1. The lowest BCUT2D eigenvalue weighted by atomic mass is 10.2. The van der Waals surface area contributed by atoms with Gasteiger partial charge in [-0.05, 0) is 76.5 Å². The summed E-state index contributed by atoms with van der Waals surface area (Å²) in [6.07, 6.45) is 0. The first-order valence-electron chi connectivity index (χ1n) is 7.17. The Balaban J connectivity index is 1.71. The van der Waals surface area contributed by atoms with Gasteiger partial charge in [0.25, 0.3) is 15.9 Å². The summed E-state index contributed by atoms with van der Waals surface area (Å²) in [6, 6.07) is 17.0. The Morgan fingerprint density at radius 1 is 0.960 bits per heavy atom. The van der Waals surface area contributed by atoms with E-state index in [4.69, 9.17) is 0 Å². The first-order valence-corrected chi connectivity index (χ1v) is 10.6. The monoisotopic (exact) mass is 484 g/mol. The Kier molecular flexibility index (Phi) is 5.40. The topological polar surface area (TPSA) is 75.3 Å². The maximum Gasteiger partial charge on any atom is 0.271 e. The summed E-state index contributed by atoms with van der Waals surface area (Å²) in [5.41, 5.74) is 1.55. The molecule has 2 aromatic carbocycles. The molecule has 0 fully saturated rings. The van der Waals surface area contributed by atoms with E-state index in [1.807, 2.05) is 24.3 Å². The molecule has 3 rings (SSSR count). The van der Waals surface area contributed by atoms with Gasteiger partial charge >= 0.3 is 0 Å². The standard InChI is InChI=1S/C17H13IN2O3S2/c18-13-3-1-4-15(11-13)19-17(21)12-6-8-14(9-7-12)20-25(22,23)16-5-2-10-24-16/h1-11,20H,(H,19,21). The Bertz CT molecular complexity index is 985. The summed E-state index contributed by atoms with van der Waals surface area (Å²) in [5.74, 6) is -0.255. The van der Waals surface area contributed by atoms with Crippen molar-refractivity contribution in [1.82, 2.24) is 0 Å². The molecular formula is C17H13IN2O3S2. The van der Waals surface area contributed by atoms with Crippen molar-refractivity contribution >= 4 is 61.2 Å². The van der Waals surface area contributed by atoms with Crippen LogP contribution in [0, 0.1) is 3.57 Å². The number of halogens is 1. The Labute approximate surface area is 163 Å². The Hall–Kier alpha value is -1.91. The number of benzene rings is 2. The number of amides is 1. The molecule has 0 aliphatic rings. The molecule has 8 heteroatoms. The van der Waals surface area contributed by atoms with Crippen LogP contribution in [0.4, 0.5) is 11.4 Å². The van der Waals surface area contributed by atoms with Crippen LogP contribution in [-0.2, 0) is 10.0 Å². The summed E-state index contributed by atoms with van der Waals surface area (Å²) in [7, 11) is -3.59. The highest BCUT2D eigenvalue weighted by Gasteiger charge is 2.15. The van der Waals surface area contributed by atoms with Crippen molar-refractivity contribution in [3.05, 3.63) is 75.2 Å². The smallest absolute Gasteiger partial charge is 0.271 e. The van der Waals surface area contributed by atoms with E-state index in [1.165, 1.54) is 6.07 Å². The Morgan fingerprint density at radius 3 is 2.36 bits per heavy atom. The van der Waals surface area contributed by atoms with Gasteiger partial charge in [0.1, 0.15) is 4.21 Å². The van der Waals surface area contributed by atoms with Crippen LogP contribution in [-0.4, -0.2) is 14.3 Å². The van der Waals surface area contributed by atoms with Crippen LogP contribution in [0.1, 0.15) is 10.4 Å². The van der Waals surface area contributed by atoms with E-state index < -0.39 is 10.0 Å². The zero-order valence-corrected chi connectivity index (χ0v) is 16.6. The predicted octanol–water partition coefficient (Wildman–Crippen LogP) is 4.41. The first-order chi connectivity index (χ1) is 11.9. The van der Waals surface area contributed by atoms with Crippen molar-refractivity contribution in [2.45, 2.75) is 4.21 Å². The molecular weight excluding hydrogens is 471 g/mol. The normalized spacial score (nSPS) is 11.1. The molecule has 2 N–H and O–H groups in total. The molecule has 1 amide bonds. The lowest BCUT2D eigenvalue weighted by molar-refractivity contribution is 0.102. The van der Waals surface area contributed by atoms with Crippen molar-refractivity contribution in [1.29, 1.82) is 0 Å². The van der Waals surface area contributed by atoms with Crippen LogP contribution < -0.4 is 10.0 Å². The number of hydrogen-bond donors (Lipinski definition) is 2. The number of anilines is 2. The fourth-order valence-corrected chi connectivity index (χ4v) is 4.68. The molecule has 0 radical (unpaired) electrons. The molecule has 0 saturated carbocycles. The third-order valence-corrected chi connectivity index (χ3v) is 6.69. The number of carbonyl (C=O) groups excluding carboxylic acids is 1. The van der Waals surface area contributed by atoms with Crippen LogP contribution in [0.15, 0.2) is 70.3 Å². The average Bonchev–Trinajstić information content (AvgIpc) is 3.10. The summed E-state index contributed by atoms with van der Waals surface area (Å²) in [4.78, 5) is 12.3. The number of nitrogens with one attached hydrogen (secondary N) is 2. The third-order valence-electron chi connectivity index (χ3n) is 3.24. The molecule has 128 valence electrons. The zero-order chi connectivity index (χ0) is 17.9. The average molecular weight is 484 g/mol. The van der Waals surface area contributed by atoms with Gasteiger partial charge in [0.2, 0.25) is 0 Å². The first kappa shape index (κ1) is 17.9. The molecule has 25 heavy (non-hydrogen) atoms. The van der Waals surface area contributed by atoms with E-state index in [2.05, 4.69) is 32.6 Å². The fourth-order valence-electron chi connectivity index (χ4n) is 2.08. The molecule has 3 aromatic rings. The van der Waals surface area contributed by atoms with E-state index in [-0.39, 0.29) is 10.1 Å². The van der Waals surface area contributed by atoms with Gasteiger partial charge in [-0.15, -0.1) is 11.3 Å². The van der Waals surface area contributed by atoms with Crippen LogP contribution in [0.2, 0.25) is 0 Å². The SMILES string of the molecule is O=C(Nc1cccc(I)c1)c1ccc(NS(=O)(=O)c2cccs2)cc1. The van der Waals surface area contributed by atoms with Crippen LogP contribution in [0.25, 0.3) is 0 Å². The van der Waals surface area contributed by atoms with Crippen LogP contribution in [0.5, 0.6) is 0 Å². The Morgan fingerprint density at radius 2 is 1.72 bits per heavy atom. The molecule has 0 bridgehead atoms. The van der Waals surface area contributed by atoms with Gasteiger partial charge in [-0.2, -0.15) is 0 Å². The van der Waals surface area contributed by atoms with Crippen molar-refractivity contribution in [2.75, 3.05) is 10.0 Å². The molecule has 5 nitrogen and oxygen atoms in total. The van der Waals surface area contributed by atoms with Gasteiger partial charge in [-0.25, -0.2) is 8.42 Å². The highest BCUT2D eigenvalue weighted by Crippen LogP contribution is 2.21. The van der Waals surface area contributed by atoms with E-state index in [0.717, 1.165) is 14.9 Å². The third kappa shape index (κ3) is 4.59. The van der Waals surface area contributed by atoms with Gasteiger partial charge in [0, 0.05) is 20.5 Å². The highest BCUT2D eigenvalue weighted by molar-refractivity contribution is 14.1. The van der Waals surface area contributed by atoms with Gasteiger partial charge in [0.05, 0.1) is 0 Å². The fraction of sp³-hybridized carbons (Fsp3) is 0. The van der Waals surface area contributed by atoms with Gasteiger partial charge in [-0.1, -0.05) is 12.1 Å². The number of sulfonamides is 1. The molecule has 1 aromatic heterocycles. The summed E-state index contributed by atoms with van der Waals surface area (Å²) < 4.78 is 28.1. The van der Waals surface area contributed by atoms with Crippen molar-refractivity contribution < 1.29 is 13.2 Å². The number of rotatable bonds is 5. The molecule has 0 unspecified atom stereocenters. The second-order valence-electron chi connectivity index (χ2n) is 5.08. The summed E-state index contributed by atoms with van der Waals surface area (Å²) in [5, 5.41) is 4.51. The summed E-state index contributed by atoms with van der Waals surface area (Å²) >= 11 is 3.32. The second kappa shape index (κ2) is 7.54. The molecule has 1 heterocycles. The quantitative estimate of drug-likeness (QED) is 0.527. The molecule has 0 spiro atoms. The highest BCUT2D eigenvalue weighted by atomic mass is 127. The van der Waals surface area contributed by atoms with Crippen molar-refractivity contribution in [3.63, 3.8) is 0 Å². The van der Waals surface area contributed by atoms with E-state index in [0.29, 0.717) is 16.9 Å². The maximum atomic E-state index is 12.3. The minimum Gasteiger partial charge on any atom is -0.322 e. The molecule has 0 atom stereocenters. The maximum absolute atomic E-state index is 12.3. The molecule has 0 saturated heterocycles. The minimum absolute atomic E-state index is 0.244. The van der Waals surface area contributed by atoms with Crippen molar-refractivity contribution in [2.24, 2.45) is 0 Å². The van der Waals surface area contributed by atoms with Crippen LogP contribution >= 0.6 is 33.9 Å². The molecule has 0 aliphatic carbocycles. The van der Waals surface area contributed by atoms with E-state index >= 15 is 0 Å². The zero-order valence-electron chi connectivity index (χ0n) is 12.8. The van der Waals surface area contributed by atoms with Crippen molar-refractivity contribution in [3.8, 4) is 0 Å². The van der Waals surface area contributed by atoms with Gasteiger partial charge < -0.3 is 5.32 Å². The minimum atomic E-state index is -3.59. The predicted molar refractivity (Wildman–Crippen MR) is 109 cm³/mol. The summed E-state index contributed by atoms with van der Waals surface area (Å²) in [6.45, 7) is 0. The largest absolute Gasteiger partial charge is 0.322 e. The van der Waals surface area contributed by atoms with Gasteiger partial charge in [0.15, 0.2) is 0 Å². The lowest BCUT2D eigenvalue weighted by Gasteiger charge is -2.08. The van der Waals surface area contributed by atoms with Crippen LogP contribution in [0.3, 0.4) is 0 Å². The van der Waals surface area contributed by atoms with E-state index in [9.17, 15) is 13.2 Å². The van der Waals surface area contributed by atoms with E-state index in [1.54, 1.807) is 35.7 Å². The van der Waals surface area contributed by atoms with Gasteiger partial charge in [-0.3, -0.25) is 9.52 Å². The lowest BCUT2D eigenvalue weighted by Crippen LogP contribution is -2.13. The molecule has 0 aliphatic heterocycles. The number of hydrogen-bond acceptors (Lipinski definition) is 4. The second-order valence-corrected chi connectivity index (χ2v) is 9.18. The number of carbonyl (C=O) groups is 1.